The Morgan fingerprint density at radius 2 is 1.50 bits per heavy atom. The Kier molecular flexibility index (Phi) is 5.11. The first kappa shape index (κ1) is 16.0. The van der Waals surface area contributed by atoms with Gasteiger partial charge in [0.1, 0.15) is 0 Å². The molecule has 0 nitrogen and oxygen atoms in total. The summed E-state index contributed by atoms with van der Waals surface area (Å²) in [4.78, 5) is 0. The van der Waals surface area contributed by atoms with E-state index in [-0.39, 0.29) is 0 Å². The molecule has 95 valence electrons. The van der Waals surface area contributed by atoms with Crippen molar-refractivity contribution in [3.05, 3.63) is 47.5 Å². The van der Waals surface area contributed by atoms with Gasteiger partial charge in [-0.25, -0.2) is 0 Å². The van der Waals surface area contributed by atoms with Gasteiger partial charge in [-0.15, -0.1) is 0 Å². The number of hydrogen-bond donors (Lipinski definition) is 0. The minimum atomic E-state index is -0.502. The molecule has 0 aliphatic carbocycles. The zero-order chi connectivity index (χ0) is 13.6. The van der Waals surface area contributed by atoms with Crippen molar-refractivity contribution in [1.82, 2.24) is 0 Å². The van der Waals surface area contributed by atoms with E-state index in [9.17, 15) is 0 Å². The predicted molar refractivity (Wildman–Crippen MR) is 99.7 cm³/mol. The van der Waals surface area contributed by atoms with Gasteiger partial charge in [0.15, 0.2) is 4.29 Å². The van der Waals surface area contributed by atoms with Crippen LogP contribution in [0.3, 0.4) is 0 Å². The number of hydrogen-bond acceptors (Lipinski definition) is 0. The minimum absolute atomic E-state index is 0.479. The Morgan fingerprint density at radius 3 is 2.06 bits per heavy atom. The summed E-state index contributed by atoms with van der Waals surface area (Å²) in [6, 6.07) is 13.3. The molecule has 2 aromatic carbocycles. The molecule has 0 aliphatic heterocycles. The van der Waals surface area contributed by atoms with Gasteiger partial charge in [0, 0.05) is 5.56 Å². The van der Waals surface area contributed by atoms with Crippen LogP contribution in [0.15, 0.2) is 30.3 Å². The molecule has 1 radical (unpaired) electrons. The van der Waals surface area contributed by atoms with Crippen LogP contribution in [0.1, 0.15) is 11.1 Å². The van der Waals surface area contributed by atoms with Gasteiger partial charge in [-0.05, 0) is 22.4 Å². The van der Waals surface area contributed by atoms with E-state index in [0.717, 1.165) is 21.9 Å². The molecule has 0 N–H and O–H groups in total. The molecular formula is C12H5Br6. The second-order valence-corrected chi connectivity index (χ2v) is 17.1. The van der Waals surface area contributed by atoms with Crippen LogP contribution < -0.4 is 0 Å². The lowest BCUT2D eigenvalue weighted by molar-refractivity contribution is 1.26. The van der Waals surface area contributed by atoms with E-state index in [1.54, 1.807) is 0 Å². The first-order chi connectivity index (χ1) is 8.21. The molecule has 0 saturated heterocycles. The summed E-state index contributed by atoms with van der Waals surface area (Å²) in [7, 11) is 0. The Hall–Kier alpha value is 1.58. The highest BCUT2D eigenvalue weighted by atomic mass is 80.0. The maximum Gasteiger partial charge on any atom is 0.160 e. The molecule has 0 atom stereocenters. The maximum atomic E-state index is 3.61. The van der Waals surface area contributed by atoms with E-state index < -0.39 is 4.29 Å². The highest BCUT2D eigenvalue weighted by molar-refractivity contribution is 9.39. The van der Waals surface area contributed by atoms with Crippen molar-refractivity contribution < 1.29 is 0 Å². The molecule has 0 amide bonds. The summed E-state index contributed by atoms with van der Waals surface area (Å²) in [6.45, 7) is 0. The molecule has 6 heteroatoms. The number of alkyl halides is 6. The van der Waals surface area contributed by atoms with Gasteiger partial charge in [0.2, 0.25) is 0 Å². The second-order valence-electron chi connectivity index (χ2n) is 3.61. The van der Waals surface area contributed by atoms with Crippen molar-refractivity contribution in [2.45, 2.75) is 4.29 Å². The van der Waals surface area contributed by atoms with Crippen LogP contribution in [-0.2, 0) is 4.29 Å². The van der Waals surface area contributed by atoms with Crippen LogP contribution in [0.4, 0.5) is 0 Å². The molecule has 18 heavy (non-hydrogen) atoms. The first-order valence-corrected chi connectivity index (χ1v) is 9.55. The topological polar surface area (TPSA) is 0 Å². The van der Waals surface area contributed by atoms with Crippen LogP contribution >= 0.6 is 95.6 Å². The number of fused-ring (bicyclic) bond motifs is 1. The average molecular weight is 629 g/mol. The van der Waals surface area contributed by atoms with Gasteiger partial charge < -0.3 is 0 Å². The van der Waals surface area contributed by atoms with E-state index in [4.69, 9.17) is 0 Å². The third kappa shape index (κ3) is 3.42. The van der Waals surface area contributed by atoms with Crippen molar-refractivity contribution in [2.24, 2.45) is 0 Å². The fraction of sp³-hybridized carbons (Fsp3) is 0.167. The molecule has 0 aromatic heterocycles. The second kappa shape index (κ2) is 5.76. The van der Waals surface area contributed by atoms with Crippen molar-refractivity contribution in [1.29, 1.82) is 0 Å². The first-order valence-electron chi connectivity index (χ1n) is 4.79. The zero-order valence-electron chi connectivity index (χ0n) is 8.65. The zero-order valence-corrected chi connectivity index (χ0v) is 18.2. The summed E-state index contributed by atoms with van der Waals surface area (Å²) in [5.74, 6) is 0. The number of halogens is 6. The molecule has 2 aromatic rings. The lowest BCUT2D eigenvalue weighted by Crippen LogP contribution is -2.10. The predicted octanol–water partition coefficient (Wildman–Crippen LogP) is 7.23. The van der Waals surface area contributed by atoms with E-state index in [0.29, 0.717) is 0 Å². The SMILES string of the molecule is BrC(Br)(Br)c1ccc2[c]cccc2c1C(Br)(Br)Br. The fourth-order valence-corrected chi connectivity index (χ4v) is 4.02. The van der Waals surface area contributed by atoms with E-state index >= 15 is 0 Å². The van der Waals surface area contributed by atoms with Gasteiger partial charge in [0.05, 0.1) is 0 Å². The van der Waals surface area contributed by atoms with Gasteiger partial charge in [-0.3, -0.25) is 0 Å². The number of benzene rings is 2. The van der Waals surface area contributed by atoms with Gasteiger partial charge in [0.25, 0.3) is 0 Å². The lowest BCUT2D eigenvalue weighted by atomic mass is 10.0. The van der Waals surface area contributed by atoms with Crippen molar-refractivity contribution in [3.63, 3.8) is 0 Å². The molecule has 0 saturated carbocycles. The highest BCUT2D eigenvalue weighted by Crippen LogP contribution is 2.55. The van der Waals surface area contributed by atoms with Crippen LogP contribution in [0, 0.1) is 6.07 Å². The molecule has 0 spiro atoms. The largest absolute Gasteiger partial charge is 0.160 e. The van der Waals surface area contributed by atoms with Crippen molar-refractivity contribution in [2.75, 3.05) is 0 Å². The Balaban J connectivity index is 2.89. The smallest absolute Gasteiger partial charge is 0.0610 e. The summed E-state index contributed by atoms with van der Waals surface area (Å²) in [6.07, 6.45) is 0. The van der Waals surface area contributed by atoms with Gasteiger partial charge in [-0.1, -0.05) is 126 Å². The van der Waals surface area contributed by atoms with Crippen LogP contribution in [0.2, 0.25) is 0 Å². The standard InChI is InChI=1S/C12H5Br6/c13-11(14,15)9-6-5-7-3-1-2-4-8(7)10(9)12(16,17)18/h1-2,4-6H. The molecule has 0 heterocycles. The fourth-order valence-electron chi connectivity index (χ4n) is 1.74. The van der Waals surface area contributed by atoms with Crippen molar-refractivity contribution in [3.8, 4) is 0 Å². The van der Waals surface area contributed by atoms with Crippen molar-refractivity contribution >= 4 is 106 Å². The van der Waals surface area contributed by atoms with Gasteiger partial charge in [-0.2, -0.15) is 0 Å². The monoisotopic (exact) mass is 623 g/mol. The molecule has 0 aliphatic rings. The van der Waals surface area contributed by atoms with Crippen LogP contribution in [0.5, 0.6) is 0 Å². The quantitative estimate of drug-likeness (QED) is 0.270. The summed E-state index contributed by atoms with van der Waals surface area (Å²) in [5.41, 5.74) is 2.13. The third-order valence-corrected chi connectivity index (χ3v) is 4.90. The maximum absolute atomic E-state index is 3.61. The normalized spacial score (nSPS) is 13.0. The van der Waals surface area contributed by atoms with Crippen LogP contribution in [0.25, 0.3) is 10.8 Å². The third-order valence-electron chi connectivity index (χ3n) is 2.43. The Labute approximate surface area is 156 Å². The van der Waals surface area contributed by atoms with E-state index in [2.05, 4.69) is 108 Å². The van der Waals surface area contributed by atoms with Crippen LogP contribution in [-0.4, -0.2) is 0 Å². The lowest BCUT2D eigenvalue weighted by Gasteiger charge is -2.24. The van der Waals surface area contributed by atoms with Gasteiger partial charge >= 0.3 is 0 Å². The Bertz CT molecular complexity index is 579. The molecule has 2 rings (SSSR count). The number of rotatable bonds is 0. The molecule has 0 unspecified atom stereocenters. The van der Waals surface area contributed by atoms with E-state index in [1.165, 1.54) is 0 Å². The molecule has 0 fully saturated rings. The Morgan fingerprint density at radius 1 is 0.833 bits per heavy atom. The average Bonchev–Trinajstić information content (AvgIpc) is 2.24. The minimum Gasteiger partial charge on any atom is -0.0610 e. The summed E-state index contributed by atoms with van der Waals surface area (Å²) < 4.78 is -0.982. The summed E-state index contributed by atoms with van der Waals surface area (Å²) >= 11 is 21.6. The molecule has 0 bridgehead atoms. The highest BCUT2D eigenvalue weighted by Gasteiger charge is 2.33. The van der Waals surface area contributed by atoms with E-state index in [1.807, 2.05) is 24.3 Å². The summed E-state index contributed by atoms with van der Waals surface area (Å²) in [5, 5.41) is 2.18. The molecular weight excluding hydrogens is 624 g/mol.